The van der Waals surface area contributed by atoms with Crippen molar-refractivity contribution in [2.45, 2.75) is 13.5 Å². The van der Waals surface area contributed by atoms with Crippen LogP contribution in [0.25, 0.3) is 0 Å². The van der Waals surface area contributed by atoms with Crippen LogP contribution in [0.3, 0.4) is 0 Å². The summed E-state index contributed by atoms with van der Waals surface area (Å²) in [6, 6.07) is 15.5. The number of halogens is 1. The minimum atomic E-state index is -0.303. The molecule has 0 aliphatic rings. The lowest BCUT2D eigenvalue weighted by molar-refractivity contribution is -0.121. The van der Waals surface area contributed by atoms with Gasteiger partial charge in [0.05, 0.1) is 4.47 Å². The van der Waals surface area contributed by atoms with Crippen LogP contribution in [0.1, 0.15) is 11.1 Å². The van der Waals surface area contributed by atoms with Crippen molar-refractivity contribution in [1.29, 1.82) is 0 Å². The zero-order chi connectivity index (χ0) is 16.7. The number of benzene rings is 2. The van der Waals surface area contributed by atoms with Crippen molar-refractivity contribution in [3.05, 3.63) is 64.1 Å². The van der Waals surface area contributed by atoms with Crippen molar-refractivity contribution < 1.29 is 9.53 Å². The van der Waals surface area contributed by atoms with Crippen LogP contribution in [0.15, 0.2) is 53.0 Å². The Hall–Kier alpha value is -1.92. The molecule has 2 aromatic rings. The normalized spacial score (nSPS) is 10.0. The fourth-order valence-electron chi connectivity index (χ4n) is 1.85. The highest BCUT2D eigenvalue weighted by Crippen LogP contribution is 2.25. The van der Waals surface area contributed by atoms with Gasteiger partial charge in [0.15, 0.2) is 11.7 Å². The maximum atomic E-state index is 11.8. The highest BCUT2D eigenvalue weighted by Gasteiger charge is 2.07. The van der Waals surface area contributed by atoms with Gasteiger partial charge in [-0.3, -0.25) is 4.79 Å². The van der Waals surface area contributed by atoms with E-state index in [9.17, 15) is 4.79 Å². The Bertz CT molecular complexity index is 692. The third-order valence-electron chi connectivity index (χ3n) is 2.99. The Kier molecular flexibility index (Phi) is 6.55. The average Bonchev–Trinajstić information content (AvgIpc) is 2.53. The topological polar surface area (TPSA) is 50.4 Å². The van der Waals surface area contributed by atoms with Gasteiger partial charge in [0.25, 0.3) is 5.91 Å². The van der Waals surface area contributed by atoms with Crippen molar-refractivity contribution in [2.75, 3.05) is 6.61 Å². The quantitative estimate of drug-likeness (QED) is 0.766. The number of rotatable bonds is 5. The second-order valence-corrected chi connectivity index (χ2v) is 6.20. The van der Waals surface area contributed by atoms with Gasteiger partial charge < -0.3 is 15.4 Å². The summed E-state index contributed by atoms with van der Waals surface area (Å²) in [6.45, 7) is 2.44. The maximum absolute atomic E-state index is 11.8. The summed E-state index contributed by atoms with van der Waals surface area (Å²) in [5.41, 5.74) is 2.20. The molecule has 6 heteroatoms. The van der Waals surface area contributed by atoms with Gasteiger partial charge in [-0.05, 0) is 58.3 Å². The van der Waals surface area contributed by atoms with Crippen LogP contribution in [0.5, 0.6) is 5.75 Å². The average molecular weight is 393 g/mol. The third kappa shape index (κ3) is 6.00. The number of nitrogens with one attached hydrogen (secondary N) is 2. The van der Waals surface area contributed by atoms with Crippen LogP contribution >= 0.6 is 28.1 Å². The number of aryl methyl sites for hydroxylation is 1. The summed E-state index contributed by atoms with van der Waals surface area (Å²) in [4.78, 5) is 11.8. The number of hydrogen-bond acceptors (Lipinski definition) is 3. The third-order valence-corrected chi connectivity index (χ3v) is 3.86. The SMILES string of the molecule is Cc1ccc(OCC(=O)NC(=S)NCc2ccccc2)c(Br)c1. The Labute approximate surface area is 149 Å². The Morgan fingerprint density at radius 2 is 1.96 bits per heavy atom. The van der Waals surface area contributed by atoms with Crippen LogP contribution in [0.4, 0.5) is 0 Å². The van der Waals surface area contributed by atoms with E-state index in [2.05, 4.69) is 26.6 Å². The van der Waals surface area contributed by atoms with E-state index < -0.39 is 0 Å². The van der Waals surface area contributed by atoms with E-state index in [0.717, 1.165) is 15.6 Å². The molecule has 0 unspecified atom stereocenters. The molecule has 0 aliphatic heterocycles. The molecule has 0 saturated carbocycles. The van der Waals surface area contributed by atoms with Gasteiger partial charge in [-0.2, -0.15) is 0 Å². The number of carbonyl (C=O) groups is 1. The van der Waals surface area contributed by atoms with Gasteiger partial charge in [-0.1, -0.05) is 36.4 Å². The number of amides is 1. The van der Waals surface area contributed by atoms with Crippen LogP contribution in [0.2, 0.25) is 0 Å². The van der Waals surface area contributed by atoms with Gasteiger partial charge >= 0.3 is 0 Å². The van der Waals surface area contributed by atoms with Crippen molar-refractivity contribution in [3.63, 3.8) is 0 Å². The molecule has 0 spiro atoms. The zero-order valence-corrected chi connectivity index (χ0v) is 15.0. The van der Waals surface area contributed by atoms with E-state index in [1.54, 1.807) is 0 Å². The van der Waals surface area contributed by atoms with Gasteiger partial charge in [0.1, 0.15) is 5.75 Å². The molecule has 0 bridgehead atoms. The van der Waals surface area contributed by atoms with Crippen molar-refractivity contribution in [1.82, 2.24) is 10.6 Å². The molecule has 1 amide bonds. The maximum Gasteiger partial charge on any atom is 0.264 e. The molecule has 4 nitrogen and oxygen atoms in total. The summed E-state index contributed by atoms with van der Waals surface area (Å²) >= 11 is 8.50. The molecule has 0 aromatic heterocycles. The molecular weight excluding hydrogens is 376 g/mol. The summed E-state index contributed by atoms with van der Waals surface area (Å²) in [7, 11) is 0. The van der Waals surface area contributed by atoms with E-state index in [-0.39, 0.29) is 17.6 Å². The van der Waals surface area contributed by atoms with E-state index >= 15 is 0 Å². The number of ether oxygens (including phenoxy) is 1. The first-order valence-electron chi connectivity index (χ1n) is 7.05. The molecule has 2 rings (SSSR count). The fourth-order valence-corrected chi connectivity index (χ4v) is 2.65. The van der Waals surface area contributed by atoms with Crippen molar-refractivity contribution >= 4 is 39.2 Å². The molecule has 0 heterocycles. The van der Waals surface area contributed by atoms with Crippen LogP contribution < -0.4 is 15.4 Å². The summed E-state index contributed by atoms with van der Waals surface area (Å²) < 4.78 is 6.29. The summed E-state index contributed by atoms with van der Waals surface area (Å²) in [6.07, 6.45) is 0. The first-order valence-corrected chi connectivity index (χ1v) is 8.25. The van der Waals surface area contributed by atoms with Crippen LogP contribution in [0, 0.1) is 6.92 Å². The molecular formula is C17H17BrN2O2S. The second kappa shape index (κ2) is 8.64. The highest BCUT2D eigenvalue weighted by molar-refractivity contribution is 9.10. The van der Waals surface area contributed by atoms with Crippen LogP contribution in [-0.2, 0) is 11.3 Å². The predicted molar refractivity (Wildman–Crippen MR) is 98.4 cm³/mol. The molecule has 23 heavy (non-hydrogen) atoms. The second-order valence-electron chi connectivity index (χ2n) is 4.94. The Morgan fingerprint density at radius 3 is 2.65 bits per heavy atom. The Morgan fingerprint density at radius 1 is 1.22 bits per heavy atom. The van der Waals surface area contributed by atoms with Gasteiger partial charge in [0.2, 0.25) is 0 Å². The molecule has 0 saturated heterocycles. The Balaban J connectivity index is 1.74. The summed E-state index contributed by atoms with van der Waals surface area (Å²) in [5, 5.41) is 5.86. The van der Waals surface area contributed by atoms with E-state index in [1.165, 1.54) is 0 Å². The van der Waals surface area contributed by atoms with Crippen molar-refractivity contribution in [3.8, 4) is 5.75 Å². The monoisotopic (exact) mass is 392 g/mol. The van der Waals surface area contributed by atoms with Gasteiger partial charge in [-0.15, -0.1) is 0 Å². The lowest BCUT2D eigenvalue weighted by Crippen LogP contribution is -2.41. The lowest BCUT2D eigenvalue weighted by atomic mass is 10.2. The number of hydrogen-bond donors (Lipinski definition) is 2. The summed E-state index contributed by atoms with van der Waals surface area (Å²) in [5.74, 6) is 0.317. The zero-order valence-electron chi connectivity index (χ0n) is 12.6. The first kappa shape index (κ1) is 17.4. The fraction of sp³-hybridized carbons (Fsp3) is 0.176. The highest BCUT2D eigenvalue weighted by atomic mass is 79.9. The lowest BCUT2D eigenvalue weighted by Gasteiger charge is -2.11. The standard InChI is InChI=1S/C17H17BrN2O2S/c1-12-7-8-15(14(18)9-12)22-11-16(21)20-17(23)19-10-13-5-3-2-4-6-13/h2-9H,10-11H2,1H3,(H2,19,20,21,23). The van der Waals surface area contributed by atoms with Crippen molar-refractivity contribution in [2.24, 2.45) is 0 Å². The van der Waals surface area contributed by atoms with E-state index in [1.807, 2.05) is 55.5 Å². The molecule has 0 aliphatic carbocycles. The predicted octanol–water partition coefficient (Wildman–Crippen LogP) is 3.33. The van der Waals surface area contributed by atoms with E-state index in [0.29, 0.717) is 12.3 Å². The molecule has 2 N–H and O–H groups in total. The molecule has 0 fully saturated rings. The minimum absolute atomic E-state index is 0.102. The first-order chi connectivity index (χ1) is 11.0. The minimum Gasteiger partial charge on any atom is -0.483 e. The van der Waals surface area contributed by atoms with Gasteiger partial charge in [-0.25, -0.2) is 0 Å². The molecule has 2 aromatic carbocycles. The smallest absolute Gasteiger partial charge is 0.264 e. The molecule has 0 radical (unpaired) electrons. The number of carbonyl (C=O) groups excluding carboxylic acids is 1. The number of thiocarbonyl (C=S) groups is 1. The molecule has 120 valence electrons. The van der Waals surface area contributed by atoms with Gasteiger partial charge in [0, 0.05) is 6.54 Å². The van der Waals surface area contributed by atoms with Crippen LogP contribution in [-0.4, -0.2) is 17.6 Å². The molecule has 0 atom stereocenters. The largest absolute Gasteiger partial charge is 0.483 e. The van der Waals surface area contributed by atoms with E-state index in [4.69, 9.17) is 17.0 Å².